The lowest BCUT2D eigenvalue weighted by molar-refractivity contribution is -0.128. The lowest BCUT2D eigenvalue weighted by Crippen LogP contribution is -2.57. The number of amides is 1. The molecule has 18 heavy (non-hydrogen) atoms. The summed E-state index contributed by atoms with van der Waals surface area (Å²) < 4.78 is 0. The largest absolute Gasteiger partial charge is 0.354 e. The summed E-state index contributed by atoms with van der Waals surface area (Å²) in [6.07, 6.45) is 8.49. The van der Waals surface area contributed by atoms with Gasteiger partial charge in [-0.2, -0.15) is 0 Å². The molecular weight excluding hydrogens is 248 g/mol. The number of halogens is 1. The van der Waals surface area contributed by atoms with Gasteiger partial charge in [-0.3, -0.25) is 4.79 Å². The first-order valence-electron chi connectivity index (χ1n) is 7.08. The molecule has 1 heterocycles. The van der Waals surface area contributed by atoms with E-state index in [1.807, 2.05) is 6.92 Å². The fourth-order valence-corrected chi connectivity index (χ4v) is 3.14. The first-order valence-corrected chi connectivity index (χ1v) is 7.08. The molecule has 4 heteroatoms. The number of piperidine rings is 1. The first-order chi connectivity index (χ1) is 8.04. The second-order valence-electron chi connectivity index (χ2n) is 6.42. The Balaban J connectivity index is 0.00000162. The molecule has 2 rings (SSSR count). The van der Waals surface area contributed by atoms with Crippen LogP contribution in [-0.2, 0) is 4.79 Å². The molecule has 1 saturated carbocycles. The van der Waals surface area contributed by atoms with E-state index in [9.17, 15) is 4.79 Å². The van der Waals surface area contributed by atoms with Gasteiger partial charge in [0, 0.05) is 6.54 Å². The predicted octanol–water partition coefficient (Wildman–Crippen LogP) is 2.64. The highest BCUT2D eigenvalue weighted by molar-refractivity contribution is 5.86. The van der Waals surface area contributed by atoms with Gasteiger partial charge in [0.15, 0.2) is 0 Å². The van der Waals surface area contributed by atoms with Crippen LogP contribution < -0.4 is 10.6 Å². The third-order valence-corrected chi connectivity index (χ3v) is 4.61. The number of nitrogens with one attached hydrogen (secondary N) is 2. The Morgan fingerprint density at radius 1 is 1.11 bits per heavy atom. The van der Waals surface area contributed by atoms with Crippen molar-refractivity contribution >= 4 is 18.3 Å². The summed E-state index contributed by atoms with van der Waals surface area (Å²) in [5.41, 5.74) is 0.0217. The van der Waals surface area contributed by atoms with E-state index in [0.717, 1.165) is 25.9 Å². The normalized spacial score (nSPS) is 30.6. The van der Waals surface area contributed by atoms with E-state index >= 15 is 0 Å². The maximum absolute atomic E-state index is 12.2. The minimum Gasteiger partial charge on any atom is -0.354 e. The summed E-state index contributed by atoms with van der Waals surface area (Å²) >= 11 is 0. The Bertz CT molecular complexity index is 282. The summed E-state index contributed by atoms with van der Waals surface area (Å²) in [6, 6.07) is 0. The van der Waals surface area contributed by atoms with Gasteiger partial charge in [0.1, 0.15) is 0 Å². The van der Waals surface area contributed by atoms with Gasteiger partial charge in [-0.05, 0) is 51.0 Å². The molecule has 2 fully saturated rings. The maximum atomic E-state index is 12.2. The van der Waals surface area contributed by atoms with Crippen molar-refractivity contribution in [1.29, 1.82) is 0 Å². The quantitative estimate of drug-likeness (QED) is 0.831. The molecule has 0 aromatic heterocycles. The minimum atomic E-state index is -0.326. The van der Waals surface area contributed by atoms with Crippen molar-refractivity contribution in [2.24, 2.45) is 5.41 Å². The molecular formula is C14H27ClN2O. The molecule has 2 N–H and O–H groups in total. The van der Waals surface area contributed by atoms with Crippen molar-refractivity contribution in [2.45, 2.75) is 64.3 Å². The summed E-state index contributed by atoms with van der Waals surface area (Å²) in [4.78, 5) is 12.2. The van der Waals surface area contributed by atoms with Gasteiger partial charge < -0.3 is 10.6 Å². The number of hydrogen-bond acceptors (Lipinski definition) is 2. The Morgan fingerprint density at radius 2 is 1.72 bits per heavy atom. The molecule has 1 amide bonds. The van der Waals surface area contributed by atoms with Gasteiger partial charge in [-0.1, -0.05) is 19.8 Å². The van der Waals surface area contributed by atoms with Crippen molar-refractivity contribution in [3.05, 3.63) is 0 Å². The average Bonchev–Trinajstić information content (AvgIpc) is 2.75. The van der Waals surface area contributed by atoms with Crippen LogP contribution in [0, 0.1) is 5.41 Å². The summed E-state index contributed by atoms with van der Waals surface area (Å²) in [6.45, 7) is 6.17. The van der Waals surface area contributed by atoms with Crippen LogP contribution in [0.5, 0.6) is 0 Å². The fraction of sp³-hybridized carbons (Fsp3) is 0.929. The van der Waals surface area contributed by atoms with E-state index in [2.05, 4.69) is 17.6 Å². The van der Waals surface area contributed by atoms with Crippen LogP contribution in [0.15, 0.2) is 0 Å². The van der Waals surface area contributed by atoms with Gasteiger partial charge in [0.25, 0.3) is 0 Å². The number of rotatable bonds is 3. The highest BCUT2D eigenvalue weighted by Gasteiger charge is 2.36. The Kier molecular flexibility index (Phi) is 5.47. The maximum Gasteiger partial charge on any atom is 0.240 e. The van der Waals surface area contributed by atoms with Crippen LogP contribution in [0.25, 0.3) is 0 Å². The van der Waals surface area contributed by atoms with Crippen LogP contribution in [0.2, 0.25) is 0 Å². The standard InChI is InChI=1S/C14H26N2O.ClH/c1-13(7-3-4-8-13)11-15-12(17)14(2)9-5-6-10-16-14;/h16H,3-11H2,1-2H3,(H,15,17);1H. The second kappa shape index (κ2) is 6.25. The molecule has 1 saturated heterocycles. The topological polar surface area (TPSA) is 41.1 Å². The zero-order valence-electron chi connectivity index (χ0n) is 11.7. The number of hydrogen-bond donors (Lipinski definition) is 2. The number of carbonyl (C=O) groups excluding carboxylic acids is 1. The summed E-state index contributed by atoms with van der Waals surface area (Å²) in [7, 11) is 0. The molecule has 1 aliphatic carbocycles. The minimum absolute atomic E-state index is 0. The van der Waals surface area contributed by atoms with E-state index in [0.29, 0.717) is 5.41 Å². The summed E-state index contributed by atoms with van der Waals surface area (Å²) in [5, 5.41) is 6.55. The van der Waals surface area contributed by atoms with Gasteiger partial charge in [0.05, 0.1) is 5.54 Å². The van der Waals surface area contributed by atoms with Gasteiger partial charge in [0.2, 0.25) is 5.91 Å². The zero-order valence-corrected chi connectivity index (χ0v) is 12.5. The third-order valence-electron chi connectivity index (χ3n) is 4.61. The molecule has 0 aromatic rings. The van der Waals surface area contributed by atoms with Crippen LogP contribution in [0.3, 0.4) is 0 Å². The van der Waals surface area contributed by atoms with Crippen LogP contribution in [0.1, 0.15) is 58.8 Å². The lowest BCUT2D eigenvalue weighted by Gasteiger charge is -2.35. The number of carbonyl (C=O) groups is 1. The SMILES string of the molecule is CC1(CNC(=O)C2(C)CCCCN2)CCCC1.Cl. The smallest absolute Gasteiger partial charge is 0.240 e. The van der Waals surface area contributed by atoms with Crippen molar-refractivity contribution in [2.75, 3.05) is 13.1 Å². The fourth-order valence-electron chi connectivity index (χ4n) is 3.14. The molecule has 1 aliphatic heterocycles. The van der Waals surface area contributed by atoms with E-state index in [1.54, 1.807) is 0 Å². The Morgan fingerprint density at radius 3 is 2.28 bits per heavy atom. The van der Waals surface area contributed by atoms with Crippen molar-refractivity contribution in [3.63, 3.8) is 0 Å². The van der Waals surface area contributed by atoms with Crippen LogP contribution >= 0.6 is 12.4 Å². The van der Waals surface area contributed by atoms with Crippen molar-refractivity contribution in [1.82, 2.24) is 10.6 Å². The molecule has 0 spiro atoms. The van der Waals surface area contributed by atoms with Gasteiger partial charge in [-0.15, -0.1) is 12.4 Å². The van der Waals surface area contributed by atoms with Crippen molar-refractivity contribution in [3.8, 4) is 0 Å². The molecule has 0 radical (unpaired) electrons. The first kappa shape index (κ1) is 15.8. The Hall–Kier alpha value is -0.280. The van der Waals surface area contributed by atoms with Gasteiger partial charge in [-0.25, -0.2) is 0 Å². The Labute approximate surface area is 117 Å². The molecule has 1 atom stereocenters. The molecule has 2 aliphatic rings. The van der Waals surface area contributed by atoms with E-state index in [4.69, 9.17) is 0 Å². The van der Waals surface area contributed by atoms with Gasteiger partial charge >= 0.3 is 0 Å². The summed E-state index contributed by atoms with van der Waals surface area (Å²) in [5.74, 6) is 0.199. The molecule has 0 bridgehead atoms. The lowest BCUT2D eigenvalue weighted by atomic mass is 9.87. The van der Waals surface area contributed by atoms with Crippen LogP contribution in [-0.4, -0.2) is 24.5 Å². The molecule has 1 unspecified atom stereocenters. The molecule has 0 aromatic carbocycles. The van der Waals surface area contributed by atoms with E-state index < -0.39 is 0 Å². The van der Waals surface area contributed by atoms with E-state index in [1.165, 1.54) is 32.1 Å². The van der Waals surface area contributed by atoms with Crippen molar-refractivity contribution < 1.29 is 4.79 Å². The monoisotopic (exact) mass is 274 g/mol. The average molecular weight is 275 g/mol. The van der Waals surface area contributed by atoms with Crippen LogP contribution in [0.4, 0.5) is 0 Å². The second-order valence-corrected chi connectivity index (χ2v) is 6.42. The molecule has 3 nitrogen and oxygen atoms in total. The van der Waals surface area contributed by atoms with E-state index in [-0.39, 0.29) is 23.9 Å². The highest BCUT2D eigenvalue weighted by Crippen LogP contribution is 2.36. The highest BCUT2D eigenvalue weighted by atomic mass is 35.5. The molecule has 106 valence electrons. The predicted molar refractivity (Wildman–Crippen MR) is 77.1 cm³/mol. The third kappa shape index (κ3) is 3.61. The zero-order chi connectivity index (χ0) is 12.4.